The Balaban J connectivity index is 1.72. The Kier molecular flexibility index (Phi) is 5.95. The summed E-state index contributed by atoms with van der Waals surface area (Å²) < 4.78 is 5.24. The lowest BCUT2D eigenvalue weighted by Crippen LogP contribution is -2.20. The van der Waals surface area contributed by atoms with Gasteiger partial charge >= 0.3 is 5.63 Å². The highest BCUT2D eigenvalue weighted by molar-refractivity contribution is 7.99. The first-order valence-corrected chi connectivity index (χ1v) is 10.9. The highest BCUT2D eigenvalue weighted by Crippen LogP contribution is 2.34. The molecular formula is C25H17N4O3S+. The van der Waals surface area contributed by atoms with E-state index in [0.29, 0.717) is 27.1 Å². The number of rotatable bonds is 5. The molecule has 2 aromatic heterocycles. The minimum Gasteiger partial charge on any atom is -0.422 e. The summed E-state index contributed by atoms with van der Waals surface area (Å²) in [5.41, 5.74) is 8.13. The van der Waals surface area contributed by atoms with Crippen molar-refractivity contribution >= 4 is 34.3 Å². The predicted octanol–water partition coefficient (Wildman–Crippen LogP) is 3.88. The molecule has 160 valence electrons. The van der Waals surface area contributed by atoms with Crippen LogP contribution in [0.3, 0.4) is 0 Å². The van der Waals surface area contributed by atoms with Crippen molar-refractivity contribution in [2.24, 2.45) is 0 Å². The monoisotopic (exact) mass is 453 g/mol. The SMILES string of the molecule is Cc1ccc(-c2c(C#N)c(N)[nH+]c(SCC(=O)c3cc4ccccc4oc3=O)c2C#N)cc1. The third-order valence-electron chi connectivity index (χ3n) is 5.10. The van der Waals surface area contributed by atoms with Gasteiger partial charge in [0.15, 0.2) is 10.8 Å². The Morgan fingerprint density at radius 2 is 1.79 bits per heavy atom. The molecule has 0 saturated carbocycles. The van der Waals surface area contributed by atoms with E-state index in [1.54, 1.807) is 24.3 Å². The van der Waals surface area contributed by atoms with Crippen LogP contribution in [0.5, 0.6) is 0 Å². The first-order valence-electron chi connectivity index (χ1n) is 9.87. The fourth-order valence-corrected chi connectivity index (χ4v) is 4.34. The number of nitriles is 2. The minimum absolute atomic E-state index is 0.0694. The zero-order valence-electron chi connectivity index (χ0n) is 17.5. The molecule has 3 N–H and O–H groups in total. The Labute approximate surface area is 193 Å². The number of pyridine rings is 1. The van der Waals surface area contributed by atoms with E-state index in [4.69, 9.17) is 10.2 Å². The van der Waals surface area contributed by atoms with E-state index in [9.17, 15) is 20.1 Å². The zero-order valence-corrected chi connectivity index (χ0v) is 18.3. The first kappa shape index (κ1) is 21.8. The van der Waals surface area contributed by atoms with Crippen LogP contribution in [0.4, 0.5) is 5.82 Å². The fraction of sp³-hybridized carbons (Fsp3) is 0.0800. The van der Waals surface area contributed by atoms with Crippen molar-refractivity contribution in [1.82, 2.24) is 0 Å². The van der Waals surface area contributed by atoms with Crippen molar-refractivity contribution in [2.75, 3.05) is 11.5 Å². The Morgan fingerprint density at radius 3 is 2.48 bits per heavy atom. The van der Waals surface area contributed by atoms with Crippen LogP contribution in [0.2, 0.25) is 0 Å². The number of aromatic amines is 1. The number of nitrogens with zero attached hydrogens (tertiary/aromatic N) is 2. The van der Waals surface area contributed by atoms with Gasteiger partial charge in [-0.2, -0.15) is 10.5 Å². The Bertz CT molecular complexity index is 1540. The molecule has 2 heterocycles. The van der Waals surface area contributed by atoms with Crippen molar-refractivity contribution in [1.29, 1.82) is 10.5 Å². The molecule has 33 heavy (non-hydrogen) atoms. The minimum atomic E-state index is -0.719. The van der Waals surface area contributed by atoms with Crippen LogP contribution >= 0.6 is 11.8 Å². The summed E-state index contributed by atoms with van der Waals surface area (Å²) in [6.07, 6.45) is 0. The number of para-hydroxylation sites is 1. The third kappa shape index (κ3) is 4.20. The lowest BCUT2D eigenvalue weighted by molar-refractivity contribution is -0.410. The second-order valence-electron chi connectivity index (χ2n) is 7.28. The maximum absolute atomic E-state index is 12.8. The van der Waals surface area contributed by atoms with Crippen LogP contribution in [-0.4, -0.2) is 11.5 Å². The molecule has 0 aliphatic heterocycles. The number of anilines is 1. The highest BCUT2D eigenvalue weighted by atomic mass is 32.2. The average Bonchev–Trinajstić information content (AvgIpc) is 2.82. The van der Waals surface area contributed by atoms with E-state index < -0.39 is 11.4 Å². The molecule has 0 fully saturated rings. The van der Waals surface area contributed by atoms with Gasteiger partial charge in [-0.25, -0.2) is 9.78 Å². The number of hydrogen-bond acceptors (Lipinski definition) is 7. The predicted molar refractivity (Wildman–Crippen MR) is 125 cm³/mol. The van der Waals surface area contributed by atoms with Gasteiger partial charge in [-0.3, -0.25) is 10.5 Å². The van der Waals surface area contributed by atoms with E-state index in [1.165, 1.54) is 6.07 Å². The number of H-pyrrole nitrogens is 1. The van der Waals surface area contributed by atoms with Gasteiger partial charge in [0, 0.05) is 10.9 Å². The molecule has 7 nitrogen and oxygen atoms in total. The van der Waals surface area contributed by atoms with Gasteiger partial charge in [-0.15, -0.1) is 0 Å². The first-order chi connectivity index (χ1) is 15.9. The van der Waals surface area contributed by atoms with Crippen LogP contribution in [0.25, 0.3) is 22.1 Å². The number of carbonyl (C=O) groups is 1. The van der Waals surface area contributed by atoms with Gasteiger partial charge in [-0.1, -0.05) is 59.8 Å². The summed E-state index contributed by atoms with van der Waals surface area (Å²) >= 11 is 1.04. The summed E-state index contributed by atoms with van der Waals surface area (Å²) in [4.78, 5) is 28.0. The van der Waals surface area contributed by atoms with Gasteiger partial charge in [0.05, 0.1) is 5.75 Å². The summed E-state index contributed by atoms with van der Waals surface area (Å²) in [6.45, 7) is 1.93. The number of nitrogens with two attached hydrogens (primary N) is 1. The van der Waals surface area contributed by atoms with Crippen molar-refractivity contribution in [3.8, 4) is 23.3 Å². The van der Waals surface area contributed by atoms with Crippen molar-refractivity contribution in [3.05, 3.63) is 87.3 Å². The number of aromatic nitrogens is 1. The molecule has 0 amide bonds. The molecule has 0 aliphatic rings. The maximum atomic E-state index is 12.8. The summed E-state index contributed by atoms with van der Waals surface area (Å²) in [6, 6.07) is 20.0. The molecule has 0 aliphatic carbocycles. The molecule has 0 radical (unpaired) electrons. The van der Waals surface area contributed by atoms with Gasteiger partial charge in [-0.05, 0) is 24.6 Å². The topological polar surface area (TPSA) is 135 Å². The van der Waals surface area contributed by atoms with E-state index in [2.05, 4.69) is 17.1 Å². The molecule has 8 heteroatoms. The number of Topliss-reactive ketones (excluding diaryl/α,β-unsaturated/α-hetero) is 1. The highest BCUT2D eigenvalue weighted by Gasteiger charge is 2.25. The van der Waals surface area contributed by atoms with E-state index >= 15 is 0 Å². The van der Waals surface area contributed by atoms with Crippen molar-refractivity contribution < 1.29 is 14.2 Å². The van der Waals surface area contributed by atoms with Crippen LogP contribution in [0.1, 0.15) is 27.0 Å². The number of carbonyl (C=O) groups excluding carboxylic acids is 1. The van der Waals surface area contributed by atoms with Gasteiger partial charge in [0.1, 0.15) is 34.4 Å². The molecule has 2 aromatic carbocycles. The molecule has 0 saturated heterocycles. The quantitative estimate of drug-likeness (QED) is 0.275. The third-order valence-corrected chi connectivity index (χ3v) is 6.10. The standard InChI is InChI=1S/C25H16N4O3S/c1-14-6-8-15(9-7-14)22-18(11-26)23(28)29-24(19(22)12-27)33-13-20(30)17-10-16-4-2-3-5-21(16)32-25(17)31/h2-10H,13H2,1H3,(H2,28,29)/p+1. The molecule has 4 rings (SSSR count). The molecule has 0 unspecified atom stereocenters. The summed E-state index contributed by atoms with van der Waals surface area (Å²) in [5, 5.41) is 20.5. The van der Waals surface area contributed by atoms with Gasteiger partial charge in [0.25, 0.3) is 5.82 Å². The number of nitrogen functional groups attached to an aromatic ring is 1. The van der Waals surface area contributed by atoms with Crippen molar-refractivity contribution in [2.45, 2.75) is 11.9 Å². The molecule has 0 bridgehead atoms. The van der Waals surface area contributed by atoms with Crippen LogP contribution in [0, 0.1) is 29.6 Å². The summed E-state index contributed by atoms with van der Waals surface area (Å²) in [7, 11) is 0. The second-order valence-corrected chi connectivity index (χ2v) is 8.27. The van der Waals surface area contributed by atoms with Gasteiger partial charge in [0.2, 0.25) is 0 Å². The Morgan fingerprint density at radius 1 is 1.09 bits per heavy atom. The normalized spacial score (nSPS) is 10.5. The fourth-order valence-electron chi connectivity index (χ4n) is 3.43. The number of thioether (sulfide) groups is 1. The smallest absolute Gasteiger partial charge is 0.347 e. The second kappa shape index (κ2) is 8.99. The van der Waals surface area contributed by atoms with E-state index in [0.717, 1.165) is 17.3 Å². The lowest BCUT2D eigenvalue weighted by atomic mass is 9.96. The average molecular weight is 454 g/mol. The lowest BCUT2D eigenvalue weighted by Gasteiger charge is -2.10. The zero-order chi connectivity index (χ0) is 23.5. The van der Waals surface area contributed by atoms with Gasteiger partial charge < -0.3 is 4.42 Å². The maximum Gasteiger partial charge on any atom is 0.347 e. The number of benzene rings is 2. The van der Waals surface area contributed by atoms with Crippen LogP contribution < -0.4 is 16.3 Å². The Hall–Kier alpha value is -4.40. The number of aryl methyl sites for hydroxylation is 1. The molecule has 4 aromatic rings. The van der Waals surface area contributed by atoms with E-state index in [1.807, 2.05) is 31.2 Å². The molecular weight excluding hydrogens is 436 g/mol. The number of ketones is 1. The number of fused-ring (bicyclic) bond motifs is 1. The molecule has 0 spiro atoms. The summed E-state index contributed by atoms with van der Waals surface area (Å²) in [5.74, 6) is -0.490. The molecule has 0 atom stereocenters. The van der Waals surface area contributed by atoms with E-state index in [-0.39, 0.29) is 28.3 Å². The number of nitrogens with one attached hydrogen (secondary N) is 1. The van der Waals surface area contributed by atoms with Crippen LogP contribution in [-0.2, 0) is 0 Å². The van der Waals surface area contributed by atoms with Crippen molar-refractivity contribution in [3.63, 3.8) is 0 Å². The van der Waals surface area contributed by atoms with Crippen LogP contribution in [0.15, 0.2) is 68.8 Å². The largest absolute Gasteiger partial charge is 0.422 e. The number of hydrogen-bond donors (Lipinski definition) is 1.